The maximum absolute atomic E-state index is 13.2. The molecule has 0 aliphatic heterocycles. The van der Waals surface area contributed by atoms with Crippen LogP contribution in [0.3, 0.4) is 0 Å². The second-order valence-corrected chi connectivity index (χ2v) is 4.00. The van der Waals surface area contributed by atoms with Gasteiger partial charge >= 0.3 is 0 Å². The lowest BCUT2D eigenvalue weighted by Crippen LogP contribution is -2.04. The van der Waals surface area contributed by atoms with Crippen molar-refractivity contribution >= 4 is 27.5 Å². The third-order valence-corrected chi connectivity index (χ3v) is 2.86. The first-order valence-corrected chi connectivity index (χ1v) is 5.57. The van der Waals surface area contributed by atoms with E-state index < -0.39 is 0 Å². The molecular weight excluding hydrogens is 268 g/mol. The third kappa shape index (κ3) is 2.97. The summed E-state index contributed by atoms with van der Waals surface area (Å²) in [7, 11) is 0. The molecule has 0 aliphatic carbocycles. The van der Waals surface area contributed by atoms with E-state index in [4.69, 9.17) is 16.9 Å². The summed E-state index contributed by atoms with van der Waals surface area (Å²) in [6.07, 6.45) is 0.383. The SMILES string of the molecule is N#CC(CBr)Cc1cc(Cl)ccc1F. The fourth-order valence-electron chi connectivity index (χ4n) is 1.10. The number of hydrogen-bond donors (Lipinski definition) is 0. The molecule has 0 fully saturated rings. The molecule has 1 atom stereocenters. The molecule has 0 saturated heterocycles. The van der Waals surface area contributed by atoms with Gasteiger partial charge in [0.1, 0.15) is 5.82 Å². The number of hydrogen-bond acceptors (Lipinski definition) is 1. The zero-order valence-electron chi connectivity index (χ0n) is 7.30. The van der Waals surface area contributed by atoms with Gasteiger partial charge in [0, 0.05) is 10.4 Å². The van der Waals surface area contributed by atoms with Crippen LogP contribution >= 0.6 is 27.5 Å². The Hall–Kier alpha value is -0.590. The molecule has 74 valence electrons. The molecule has 0 aliphatic rings. The Kier molecular flexibility index (Phi) is 4.37. The van der Waals surface area contributed by atoms with Gasteiger partial charge in [-0.05, 0) is 30.2 Å². The predicted octanol–water partition coefficient (Wildman–Crippen LogP) is 3.56. The third-order valence-electron chi connectivity index (χ3n) is 1.84. The molecular formula is C10H8BrClFN. The van der Waals surface area contributed by atoms with Crippen LogP contribution in [0.2, 0.25) is 5.02 Å². The molecule has 0 heterocycles. The average molecular weight is 277 g/mol. The topological polar surface area (TPSA) is 23.8 Å². The van der Waals surface area contributed by atoms with Crippen LogP contribution in [-0.2, 0) is 6.42 Å². The highest BCUT2D eigenvalue weighted by Gasteiger charge is 2.10. The summed E-state index contributed by atoms with van der Waals surface area (Å²) in [6, 6.07) is 6.47. The number of alkyl halides is 1. The van der Waals surface area contributed by atoms with Crippen LogP contribution < -0.4 is 0 Å². The molecule has 0 radical (unpaired) electrons. The maximum Gasteiger partial charge on any atom is 0.126 e. The molecule has 0 bridgehead atoms. The summed E-state index contributed by atoms with van der Waals surface area (Å²) in [6.45, 7) is 0. The smallest absolute Gasteiger partial charge is 0.126 e. The van der Waals surface area contributed by atoms with Crippen molar-refractivity contribution in [1.29, 1.82) is 5.26 Å². The van der Waals surface area contributed by atoms with E-state index in [9.17, 15) is 4.39 Å². The Morgan fingerprint density at radius 2 is 2.29 bits per heavy atom. The Bertz CT molecular complexity index is 362. The van der Waals surface area contributed by atoms with Crippen LogP contribution in [0.25, 0.3) is 0 Å². The number of halogens is 3. The first-order valence-electron chi connectivity index (χ1n) is 4.07. The fourth-order valence-corrected chi connectivity index (χ4v) is 1.67. The van der Waals surface area contributed by atoms with Gasteiger partial charge in [-0.3, -0.25) is 0 Å². The maximum atomic E-state index is 13.2. The highest BCUT2D eigenvalue weighted by Crippen LogP contribution is 2.18. The van der Waals surface area contributed by atoms with Crippen LogP contribution in [0.1, 0.15) is 5.56 Å². The molecule has 0 spiro atoms. The van der Waals surface area contributed by atoms with Crippen molar-refractivity contribution in [3.8, 4) is 6.07 Å². The number of nitriles is 1. The predicted molar refractivity (Wildman–Crippen MR) is 58.0 cm³/mol. The lowest BCUT2D eigenvalue weighted by Gasteiger charge is -2.06. The van der Waals surface area contributed by atoms with Crippen LogP contribution in [0.5, 0.6) is 0 Å². The minimum absolute atomic E-state index is 0.219. The molecule has 0 N–H and O–H groups in total. The van der Waals surface area contributed by atoms with E-state index >= 15 is 0 Å². The van der Waals surface area contributed by atoms with Crippen molar-refractivity contribution in [3.63, 3.8) is 0 Å². The molecule has 0 saturated carbocycles. The van der Waals surface area contributed by atoms with Crippen molar-refractivity contribution < 1.29 is 4.39 Å². The molecule has 1 aromatic rings. The normalized spacial score (nSPS) is 12.1. The highest BCUT2D eigenvalue weighted by molar-refractivity contribution is 9.09. The largest absolute Gasteiger partial charge is 0.207 e. The van der Waals surface area contributed by atoms with Gasteiger partial charge in [0.25, 0.3) is 0 Å². The summed E-state index contributed by atoms with van der Waals surface area (Å²) in [4.78, 5) is 0. The van der Waals surface area contributed by atoms with Crippen molar-refractivity contribution in [3.05, 3.63) is 34.6 Å². The monoisotopic (exact) mass is 275 g/mol. The van der Waals surface area contributed by atoms with Gasteiger partial charge in [-0.2, -0.15) is 5.26 Å². The van der Waals surface area contributed by atoms with Crippen molar-refractivity contribution in [2.75, 3.05) is 5.33 Å². The Morgan fingerprint density at radius 1 is 1.57 bits per heavy atom. The van der Waals surface area contributed by atoms with Gasteiger partial charge < -0.3 is 0 Å². The summed E-state index contributed by atoms with van der Waals surface area (Å²) in [5.74, 6) is -0.529. The Balaban J connectivity index is 2.86. The quantitative estimate of drug-likeness (QED) is 0.775. The van der Waals surface area contributed by atoms with Gasteiger partial charge in [-0.25, -0.2) is 4.39 Å². The first-order chi connectivity index (χ1) is 6.67. The van der Waals surface area contributed by atoms with Gasteiger partial charge in [-0.1, -0.05) is 27.5 Å². The van der Waals surface area contributed by atoms with E-state index in [0.29, 0.717) is 22.3 Å². The summed E-state index contributed by atoms with van der Waals surface area (Å²) >= 11 is 8.92. The van der Waals surface area contributed by atoms with Crippen LogP contribution in [0.4, 0.5) is 4.39 Å². The lowest BCUT2D eigenvalue weighted by molar-refractivity contribution is 0.596. The minimum atomic E-state index is -0.310. The lowest BCUT2D eigenvalue weighted by atomic mass is 10.0. The number of benzene rings is 1. The standard InChI is InChI=1S/C10H8BrClFN/c11-5-7(6-14)3-8-4-9(12)1-2-10(8)13/h1-2,4,7H,3,5H2. The van der Waals surface area contributed by atoms with E-state index in [1.54, 1.807) is 6.07 Å². The fraction of sp³-hybridized carbons (Fsp3) is 0.300. The zero-order chi connectivity index (χ0) is 10.6. The van der Waals surface area contributed by atoms with Gasteiger partial charge in [0.2, 0.25) is 0 Å². The van der Waals surface area contributed by atoms with Gasteiger partial charge in [-0.15, -0.1) is 0 Å². The summed E-state index contributed by atoms with van der Waals surface area (Å²) in [5.41, 5.74) is 0.489. The molecule has 14 heavy (non-hydrogen) atoms. The summed E-state index contributed by atoms with van der Waals surface area (Å²) < 4.78 is 13.2. The Labute approximate surface area is 95.6 Å². The molecule has 0 aromatic heterocycles. The first kappa shape index (κ1) is 11.5. The average Bonchev–Trinajstić information content (AvgIpc) is 2.19. The van der Waals surface area contributed by atoms with Crippen molar-refractivity contribution in [2.45, 2.75) is 6.42 Å². The van der Waals surface area contributed by atoms with E-state index in [1.165, 1.54) is 12.1 Å². The second kappa shape index (κ2) is 5.33. The molecule has 0 amide bonds. The van der Waals surface area contributed by atoms with E-state index in [-0.39, 0.29) is 11.7 Å². The number of nitrogens with zero attached hydrogens (tertiary/aromatic N) is 1. The van der Waals surface area contributed by atoms with Crippen LogP contribution in [-0.4, -0.2) is 5.33 Å². The minimum Gasteiger partial charge on any atom is -0.207 e. The van der Waals surface area contributed by atoms with Gasteiger partial charge in [0.05, 0.1) is 12.0 Å². The second-order valence-electron chi connectivity index (χ2n) is 2.92. The highest BCUT2D eigenvalue weighted by atomic mass is 79.9. The Morgan fingerprint density at radius 3 is 2.86 bits per heavy atom. The van der Waals surface area contributed by atoms with Gasteiger partial charge in [0.15, 0.2) is 0 Å². The molecule has 1 nitrogen and oxygen atoms in total. The van der Waals surface area contributed by atoms with E-state index in [1.807, 2.05) is 0 Å². The molecule has 1 aromatic carbocycles. The van der Waals surface area contributed by atoms with Crippen LogP contribution in [0, 0.1) is 23.1 Å². The molecule has 1 unspecified atom stereocenters. The van der Waals surface area contributed by atoms with Crippen molar-refractivity contribution in [2.24, 2.45) is 5.92 Å². The van der Waals surface area contributed by atoms with Crippen LogP contribution in [0.15, 0.2) is 18.2 Å². The summed E-state index contributed by atoms with van der Waals surface area (Å²) in [5, 5.41) is 9.74. The van der Waals surface area contributed by atoms with Crippen molar-refractivity contribution in [1.82, 2.24) is 0 Å². The molecule has 1 rings (SSSR count). The van der Waals surface area contributed by atoms with E-state index in [2.05, 4.69) is 22.0 Å². The molecule has 4 heteroatoms. The zero-order valence-corrected chi connectivity index (χ0v) is 9.65. The number of rotatable bonds is 3. The van der Waals surface area contributed by atoms with E-state index in [0.717, 1.165) is 0 Å².